The number of rotatable bonds is 5. The highest BCUT2D eigenvalue weighted by atomic mass is 19.4. The molecule has 22 heavy (non-hydrogen) atoms. The summed E-state index contributed by atoms with van der Waals surface area (Å²) in [4.78, 5) is 3.37. The largest absolute Gasteiger partial charge is 0.489 e. The molecule has 9 heteroatoms. The van der Waals surface area contributed by atoms with Crippen molar-refractivity contribution in [3.63, 3.8) is 0 Å². The summed E-state index contributed by atoms with van der Waals surface area (Å²) in [6.07, 6.45) is -4.20. The van der Waals surface area contributed by atoms with Crippen LogP contribution in [0.25, 0.3) is 11.4 Å². The molecule has 1 aromatic heterocycles. The van der Waals surface area contributed by atoms with Gasteiger partial charge >= 0.3 is 6.18 Å². The van der Waals surface area contributed by atoms with E-state index in [9.17, 15) is 17.6 Å². The van der Waals surface area contributed by atoms with Crippen LogP contribution in [0, 0.1) is 0 Å². The van der Waals surface area contributed by atoms with Crippen LogP contribution in [0.1, 0.15) is 5.82 Å². The molecule has 0 aliphatic rings. The Labute approximate surface area is 122 Å². The van der Waals surface area contributed by atoms with E-state index in [1.54, 1.807) is 0 Å². The number of alkyl halides is 3. The van der Waals surface area contributed by atoms with Crippen LogP contribution in [0.5, 0.6) is 5.75 Å². The van der Waals surface area contributed by atoms with Crippen LogP contribution in [0.4, 0.5) is 17.6 Å². The topological polar surface area (TPSA) is 76.8 Å². The summed E-state index contributed by atoms with van der Waals surface area (Å²) >= 11 is 0. The molecular formula is C13H12F4N4O. The van der Waals surface area contributed by atoms with Crippen LogP contribution in [-0.4, -0.2) is 28.3 Å². The summed E-state index contributed by atoms with van der Waals surface area (Å²) in [5.41, 5.74) is 5.96. The molecule has 0 aliphatic carbocycles. The molecule has 0 radical (unpaired) electrons. The monoisotopic (exact) mass is 316 g/mol. The third-order valence-corrected chi connectivity index (χ3v) is 2.71. The fraction of sp³-hybridized carbons (Fsp3) is 0.231. The Morgan fingerprint density at radius 3 is 2.45 bits per heavy atom. The van der Waals surface area contributed by atoms with Gasteiger partial charge in [-0.15, -0.1) is 0 Å². The summed E-state index contributed by atoms with van der Waals surface area (Å²) in [6.45, 7) is 0.0250. The molecule has 5 nitrogen and oxygen atoms in total. The first-order valence-electron chi connectivity index (χ1n) is 6.15. The van der Waals surface area contributed by atoms with Gasteiger partial charge in [-0.05, 0) is 24.3 Å². The van der Waals surface area contributed by atoms with Crippen molar-refractivity contribution in [1.29, 1.82) is 0 Å². The minimum atomic E-state index is -4.58. The number of aromatic nitrogens is 3. The molecule has 0 unspecified atom stereocenters. The highest BCUT2D eigenvalue weighted by Crippen LogP contribution is 2.28. The Balaban J connectivity index is 2.07. The van der Waals surface area contributed by atoms with Crippen molar-refractivity contribution in [2.45, 2.75) is 6.18 Å². The van der Waals surface area contributed by atoms with Crippen molar-refractivity contribution in [2.24, 2.45) is 5.73 Å². The first-order valence-corrected chi connectivity index (χ1v) is 6.15. The molecule has 0 spiro atoms. The normalized spacial score (nSPS) is 12.5. The Hall–Kier alpha value is -2.42. The van der Waals surface area contributed by atoms with Crippen LogP contribution >= 0.6 is 0 Å². The number of nitrogens with one attached hydrogen (secondary N) is 1. The maximum Gasteiger partial charge on any atom is 0.451 e. The second kappa shape index (κ2) is 6.56. The van der Waals surface area contributed by atoms with Crippen LogP contribution < -0.4 is 10.5 Å². The molecule has 0 aliphatic heterocycles. The summed E-state index contributed by atoms with van der Waals surface area (Å²) in [6, 6.07) is 6.04. The van der Waals surface area contributed by atoms with Gasteiger partial charge in [0.15, 0.2) is 5.82 Å². The van der Waals surface area contributed by atoms with Crippen LogP contribution in [-0.2, 0) is 6.18 Å². The molecule has 3 N–H and O–H groups in total. The Kier molecular flexibility index (Phi) is 4.76. The number of nitrogens with two attached hydrogens (primary N) is 1. The number of benzene rings is 1. The maximum absolute atomic E-state index is 12.4. The van der Waals surface area contributed by atoms with Crippen LogP contribution in [0.2, 0.25) is 0 Å². The van der Waals surface area contributed by atoms with E-state index in [4.69, 9.17) is 10.5 Å². The number of halogens is 4. The minimum Gasteiger partial charge on any atom is -0.489 e. The standard InChI is InChI=1S/C13H12F4N4O/c14-5-8(6-18)7-22-10-3-1-9(2-4-10)11-19-12(21-20-11)13(15,16)17/h1-5H,6-7,18H2,(H,19,20,21)/b8-5-. The van der Waals surface area contributed by atoms with Crippen molar-refractivity contribution in [1.82, 2.24) is 15.2 Å². The molecule has 118 valence electrons. The number of H-pyrrole nitrogens is 1. The molecule has 2 rings (SSSR count). The van der Waals surface area contributed by atoms with Crippen molar-refractivity contribution >= 4 is 0 Å². The van der Waals surface area contributed by atoms with Gasteiger partial charge in [-0.25, -0.2) is 9.37 Å². The Morgan fingerprint density at radius 1 is 1.27 bits per heavy atom. The molecule has 0 amide bonds. The average molecular weight is 316 g/mol. The highest BCUT2D eigenvalue weighted by Gasteiger charge is 2.35. The van der Waals surface area contributed by atoms with E-state index >= 15 is 0 Å². The lowest BCUT2D eigenvalue weighted by Gasteiger charge is -2.07. The molecule has 0 bridgehead atoms. The zero-order valence-corrected chi connectivity index (χ0v) is 11.2. The SMILES string of the molecule is NC/C(=C/F)COc1ccc(-c2n[nH]c(C(F)(F)F)n2)cc1. The molecule has 1 heterocycles. The van der Waals surface area contributed by atoms with E-state index in [2.05, 4.69) is 10.1 Å². The number of aromatic amines is 1. The molecule has 1 aromatic carbocycles. The van der Waals surface area contributed by atoms with Gasteiger partial charge in [-0.3, -0.25) is 5.10 Å². The van der Waals surface area contributed by atoms with E-state index in [0.29, 0.717) is 17.6 Å². The first kappa shape index (κ1) is 16.0. The lowest BCUT2D eigenvalue weighted by atomic mass is 10.2. The van der Waals surface area contributed by atoms with Gasteiger partial charge in [-0.1, -0.05) is 0 Å². The summed E-state index contributed by atoms with van der Waals surface area (Å²) in [5.74, 6) is -0.822. The van der Waals surface area contributed by atoms with E-state index in [1.165, 1.54) is 24.3 Å². The van der Waals surface area contributed by atoms with Crippen molar-refractivity contribution < 1.29 is 22.3 Å². The van der Waals surface area contributed by atoms with Gasteiger partial charge in [-0.2, -0.15) is 18.3 Å². The summed E-state index contributed by atoms with van der Waals surface area (Å²) in [5, 5.41) is 5.34. The van der Waals surface area contributed by atoms with Crippen molar-refractivity contribution in [3.8, 4) is 17.1 Å². The fourth-order valence-electron chi connectivity index (χ4n) is 1.53. The predicted octanol–water partition coefficient (Wildman–Crippen LogP) is 2.68. The third-order valence-electron chi connectivity index (χ3n) is 2.71. The maximum atomic E-state index is 12.4. The lowest BCUT2D eigenvalue weighted by Crippen LogP contribution is -2.10. The van der Waals surface area contributed by atoms with Gasteiger partial charge in [0.05, 0.1) is 6.33 Å². The molecule has 0 saturated carbocycles. The van der Waals surface area contributed by atoms with Crippen LogP contribution in [0.15, 0.2) is 36.2 Å². The fourth-order valence-corrected chi connectivity index (χ4v) is 1.53. The van der Waals surface area contributed by atoms with Crippen molar-refractivity contribution in [3.05, 3.63) is 42.0 Å². The van der Waals surface area contributed by atoms with E-state index in [0.717, 1.165) is 0 Å². The second-order valence-corrected chi connectivity index (χ2v) is 4.29. The number of hydrogen-bond acceptors (Lipinski definition) is 4. The summed E-state index contributed by atoms with van der Waals surface area (Å²) < 4.78 is 54.9. The number of hydrogen-bond donors (Lipinski definition) is 2. The molecule has 0 atom stereocenters. The van der Waals surface area contributed by atoms with Crippen molar-refractivity contribution in [2.75, 3.05) is 13.2 Å². The van der Waals surface area contributed by atoms with Gasteiger partial charge < -0.3 is 10.5 Å². The predicted molar refractivity (Wildman–Crippen MR) is 70.6 cm³/mol. The zero-order chi connectivity index (χ0) is 16.2. The van der Waals surface area contributed by atoms with E-state index < -0.39 is 12.0 Å². The third kappa shape index (κ3) is 3.82. The second-order valence-electron chi connectivity index (χ2n) is 4.29. The van der Waals surface area contributed by atoms with Gasteiger partial charge in [0.25, 0.3) is 0 Å². The quantitative estimate of drug-likeness (QED) is 0.832. The van der Waals surface area contributed by atoms with E-state index in [-0.39, 0.29) is 24.5 Å². The molecular weight excluding hydrogens is 304 g/mol. The van der Waals surface area contributed by atoms with Gasteiger partial charge in [0.1, 0.15) is 12.4 Å². The molecule has 0 fully saturated rings. The lowest BCUT2D eigenvalue weighted by molar-refractivity contribution is -0.144. The summed E-state index contributed by atoms with van der Waals surface area (Å²) in [7, 11) is 0. The molecule has 2 aromatic rings. The smallest absolute Gasteiger partial charge is 0.451 e. The molecule has 0 saturated heterocycles. The zero-order valence-electron chi connectivity index (χ0n) is 11.2. The average Bonchev–Trinajstić information content (AvgIpc) is 2.99. The van der Waals surface area contributed by atoms with Gasteiger partial charge in [0.2, 0.25) is 5.82 Å². The van der Waals surface area contributed by atoms with Crippen LogP contribution in [0.3, 0.4) is 0 Å². The Morgan fingerprint density at radius 2 is 1.95 bits per heavy atom. The first-order chi connectivity index (χ1) is 10.4. The number of ether oxygens (including phenoxy) is 1. The minimum absolute atomic E-state index is 0.00871. The van der Waals surface area contributed by atoms with E-state index in [1.807, 2.05) is 5.10 Å². The van der Waals surface area contributed by atoms with Gasteiger partial charge in [0, 0.05) is 17.7 Å². The number of nitrogens with zero attached hydrogens (tertiary/aromatic N) is 2. The highest BCUT2D eigenvalue weighted by molar-refractivity contribution is 5.55. The Bertz CT molecular complexity index is 649.